The monoisotopic (exact) mass is 737 g/mol. The molecule has 4 aromatic carbocycles. The molecule has 56 heavy (non-hydrogen) atoms. The van der Waals surface area contributed by atoms with Crippen LogP contribution in [0.5, 0.6) is 0 Å². The molecule has 0 radical (unpaired) electrons. The minimum absolute atomic E-state index is 0.0486. The van der Waals surface area contributed by atoms with Crippen LogP contribution in [-0.4, -0.2) is 18.6 Å². The number of hydrogen-bond donors (Lipinski definition) is 0. The van der Waals surface area contributed by atoms with Gasteiger partial charge in [0.15, 0.2) is 0 Å². The Morgan fingerprint density at radius 1 is 0.750 bits per heavy atom. The van der Waals surface area contributed by atoms with Gasteiger partial charge in [0.1, 0.15) is 5.84 Å². The normalized spacial score (nSPS) is 19.5. The van der Waals surface area contributed by atoms with Gasteiger partial charge in [0.05, 0.1) is 5.71 Å². The zero-order valence-electron chi connectivity index (χ0n) is 34.4. The maximum atomic E-state index is 5.44. The van der Waals surface area contributed by atoms with Crippen LogP contribution in [0.3, 0.4) is 0 Å². The van der Waals surface area contributed by atoms with Gasteiger partial charge in [0, 0.05) is 47.6 Å². The molecule has 1 atom stereocenters. The van der Waals surface area contributed by atoms with Crippen LogP contribution < -0.4 is 4.90 Å². The van der Waals surface area contributed by atoms with Gasteiger partial charge in [-0.2, -0.15) is 0 Å². The molecule has 0 saturated carbocycles. The molecule has 286 valence electrons. The van der Waals surface area contributed by atoms with Crippen LogP contribution >= 0.6 is 0 Å². The highest BCUT2D eigenvalue weighted by Gasteiger charge is 2.23. The minimum Gasteiger partial charge on any atom is -0.318 e. The number of amidine groups is 1. The summed E-state index contributed by atoms with van der Waals surface area (Å²) >= 11 is 0. The first-order chi connectivity index (χ1) is 27.6. The summed E-state index contributed by atoms with van der Waals surface area (Å²) in [6.07, 6.45) is 25.8. The molecule has 3 aliphatic rings. The van der Waals surface area contributed by atoms with Gasteiger partial charge in [-0.15, -0.1) is 0 Å². The van der Waals surface area contributed by atoms with E-state index in [0.717, 1.165) is 72.6 Å². The molecular formula is C53H59N3. The lowest BCUT2D eigenvalue weighted by atomic mass is 9.86. The fourth-order valence-electron chi connectivity index (χ4n) is 7.44. The number of hydrogen-bond acceptors (Lipinski definition) is 2. The van der Waals surface area contributed by atoms with Crippen LogP contribution in [0.4, 0.5) is 5.69 Å². The minimum atomic E-state index is -0.0486. The quantitative estimate of drug-likeness (QED) is 0.116. The second-order valence-electron chi connectivity index (χ2n) is 13.7. The van der Waals surface area contributed by atoms with E-state index >= 15 is 0 Å². The average molecular weight is 738 g/mol. The van der Waals surface area contributed by atoms with E-state index < -0.39 is 0 Å². The summed E-state index contributed by atoms with van der Waals surface area (Å²) in [4.78, 5) is 12.8. The molecule has 0 saturated heterocycles. The van der Waals surface area contributed by atoms with Gasteiger partial charge in [0.2, 0.25) is 0 Å². The Kier molecular flexibility index (Phi) is 15.8. The first kappa shape index (κ1) is 41.4. The van der Waals surface area contributed by atoms with Gasteiger partial charge in [0.25, 0.3) is 0 Å². The molecular weight excluding hydrogens is 679 g/mol. The maximum absolute atomic E-state index is 5.44. The number of fused-ring (bicyclic) bond motifs is 5. The van der Waals surface area contributed by atoms with E-state index in [1.165, 1.54) is 39.1 Å². The van der Waals surface area contributed by atoms with Crippen LogP contribution in [0, 0.1) is 5.92 Å². The molecule has 0 amide bonds. The third-order valence-corrected chi connectivity index (χ3v) is 10.1. The van der Waals surface area contributed by atoms with Gasteiger partial charge in [-0.25, -0.2) is 4.99 Å². The number of allylic oxidation sites excluding steroid dienone is 9. The van der Waals surface area contributed by atoms with Crippen LogP contribution in [0.2, 0.25) is 0 Å². The van der Waals surface area contributed by atoms with E-state index in [9.17, 15) is 0 Å². The summed E-state index contributed by atoms with van der Waals surface area (Å²) in [6, 6.07) is 36.5. The second kappa shape index (κ2) is 21.3. The number of rotatable bonds is 4. The Balaban J connectivity index is 0.00000145. The molecule has 1 aliphatic heterocycles. The van der Waals surface area contributed by atoms with Gasteiger partial charge >= 0.3 is 0 Å². The van der Waals surface area contributed by atoms with Crippen LogP contribution in [0.1, 0.15) is 100 Å². The van der Waals surface area contributed by atoms with Crippen molar-refractivity contribution in [3.05, 3.63) is 203 Å². The molecule has 0 aromatic heterocycles. The molecule has 3 nitrogen and oxygen atoms in total. The van der Waals surface area contributed by atoms with Gasteiger partial charge in [-0.05, 0) is 91.1 Å². The van der Waals surface area contributed by atoms with E-state index in [4.69, 9.17) is 9.98 Å². The highest BCUT2D eigenvalue weighted by molar-refractivity contribution is 6.17. The predicted octanol–water partition coefficient (Wildman–Crippen LogP) is 14.3. The number of nitrogens with zero attached hydrogens (tertiary/aromatic N) is 3. The fraction of sp³-hybridized carbons (Fsp3) is 0.245. The smallest absolute Gasteiger partial charge is 0.130 e. The Labute approximate surface area is 337 Å². The molecule has 0 spiro atoms. The molecule has 1 unspecified atom stereocenters. The number of para-hydroxylation sites is 1. The van der Waals surface area contributed by atoms with Crippen LogP contribution in [0.25, 0.3) is 17.7 Å². The molecule has 1 heterocycles. The third-order valence-electron chi connectivity index (χ3n) is 10.1. The van der Waals surface area contributed by atoms with Gasteiger partial charge in [-0.1, -0.05) is 173 Å². The molecule has 0 fully saturated rings. The van der Waals surface area contributed by atoms with Gasteiger partial charge in [-0.3, -0.25) is 4.99 Å². The highest BCUT2D eigenvalue weighted by Crippen LogP contribution is 2.36. The first-order valence-corrected chi connectivity index (χ1v) is 20.5. The van der Waals surface area contributed by atoms with Crippen molar-refractivity contribution in [1.29, 1.82) is 0 Å². The SMILES string of the molecule is C=C1CCC(C(N=C(c2ccccc2)c2ccccc2)=NC)/C=C2\C/C=C(/CC=C/C=C(\C)N2c2ccccc2)c2cc3c(cc2C1)C=CCC=C3.CC.CC. The topological polar surface area (TPSA) is 28.0 Å². The van der Waals surface area contributed by atoms with Crippen molar-refractivity contribution in [3.8, 4) is 0 Å². The van der Waals surface area contributed by atoms with Crippen molar-refractivity contribution in [2.75, 3.05) is 11.9 Å². The van der Waals surface area contributed by atoms with E-state index in [0.29, 0.717) is 0 Å². The third kappa shape index (κ3) is 10.5. The molecule has 0 N–H and O–H groups in total. The lowest BCUT2D eigenvalue weighted by Crippen LogP contribution is -2.23. The van der Waals surface area contributed by atoms with E-state index in [1.54, 1.807) is 0 Å². The first-order valence-electron chi connectivity index (χ1n) is 20.5. The predicted molar refractivity (Wildman–Crippen MR) is 246 cm³/mol. The number of anilines is 1. The Hall–Kier alpha value is -5.80. The highest BCUT2D eigenvalue weighted by atomic mass is 15.2. The van der Waals surface area contributed by atoms with E-state index in [1.807, 2.05) is 34.7 Å². The van der Waals surface area contributed by atoms with Crippen molar-refractivity contribution >= 4 is 35.0 Å². The van der Waals surface area contributed by atoms with Crippen LogP contribution in [-0.2, 0) is 6.42 Å². The van der Waals surface area contributed by atoms with Crippen LogP contribution in [0.15, 0.2) is 179 Å². The van der Waals surface area contributed by atoms with Crippen molar-refractivity contribution in [2.24, 2.45) is 15.9 Å². The summed E-state index contributed by atoms with van der Waals surface area (Å²) in [5, 5.41) is 0. The lowest BCUT2D eigenvalue weighted by Gasteiger charge is -2.30. The number of benzene rings is 4. The van der Waals surface area contributed by atoms with Crippen molar-refractivity contribution < 1.29 is 0 Å². The zero-order chi connectivity index (χ0) is 39.7. The molecule has 3 heteroatoms. The maximum Gasteiger partial charge on any atom is 0.130 e. The van der Waals surface area contributed by atoms with E-state index in [-0.39, 0.29) is 5.92 Å². The summed E-state index contributed by atoms with van der Waals surface area (Å²) < 4.78 is 0. The van der Waals surface area contributed by atoms with Crippen molar-refractivity contribution in [2.45, 2.75) is 73.1 Å². The lowest BCUT2D eigenvalue weighted by molar-refractivity contribution is 0.710. The summed E-state index contributed by atoms with van der Waals surface area (Å²) in [5.41, 5.74) is 14.4. The Bertz CT molecular complexity index is 2110. The summed E-state index contributed by atoms with van der Waals surface area (Å²) in [6.45, 7) is 14.9. The second-order valence-corrected chi connectivity index (χ2v) is 13.7. The number of aliphatic imine (C=N–C) groups is 2. The standard InChI is InChI=1S/C49H47N3.2C2H6/c1-36-28-29-43(49(50-3)51-48(39-20-8-4-9-21-39)40-22-10-5-11-23-40)34-46-31-30-38(19-17-16-18-37(2)52(46)45-26-14-7-15-27-45)47-35-42-25-13-6-12-24-41(42)33-44(47)32-36;2*1-2/h4-5,7-18,20-27,30,33-35,43H,1,6,19,28-29,31-32H2,2-3H3;2*1-2H3/b17-16?,37-18+,38-30-,46-34+,50-49?;;. The van der Waals surface area contributed by atoms with Crippen molar-refractivity contribution in [3.63, 3.8) is 0 Å². The largest absolute Gasteiger partial charge is 0.318 e. The molecule has 2 aliphatic carbocycles. The zero-order valence-corrected chi connectivity index (χ0v) is 34.4. The van der Waals surface area contributed by atoms with Crippen molar-refractivity contribution in [1.82, 2.24) is 0 Å². The average Bonchev–Trinajstić information content (AvgIpc) is 3.49. The fourth-order valence-corrected chi connectivity index (χ4v) is 7.44. The molecule has 4 aromatic rings. The van der Waals surface area contributed by atoms with Gasteiger partial charge < -0.3 is 4.90 Å². The Morgan fingerprint density at radius 2 is 1.36 bits per heavy atom. The van der Waals surface area contributed by atoms with E-state index in [2.05, 4.69) is 176 Å². The summed E-state index contributed by atoms with van der Waals surface area (Å²) in [7, 11) is 1.88. The summed E-state index contributed by atoms with van der Waals surface area (Å²) in [5.74, 6) is 0.770. The molecule has 2 bridgehead atoms. The Morgan fingerprint density at radius 3 is 1.98 bits per heavy atom. The molecule has 7 rings (SSSR count).